The molecule has 3 aromatic rings. The van der Waals surface area contributed by atoms with Crippen LogP contribution in [0.3, 0.4) is 0 Å². The number of amides is 1. The molecule has 1 aliphatic rings. The monoisotopic (exact) mass is 377 g/mol. The van der Waals surface area contributed by atoms with Gasteiger partial charge in [0.25, 0.3) is 0 Å². The molecular weight excluding hydrogens is 354 g/mol. The predicted octanol–water partition coefficient (Wildman–Crippen LogP) is 2.70. The Morgan fingerprint density at radius 1 is 1.07 bits per heavy atom. The van der Waals surface area contributed by atoms with Gasteiger partial charge in [-0.2, -0.15) is 0 Å². The molecule has 1 aromatic heterocycles. The number of carbonyl (C=O) groups excluding carboxylic acids is 2. The number of primary amides is 1. The Labute approximate surface area is 163 Å². The van der Waals surface area contributed by atoms with Crippen LogP contribution >= 0.6 is 0 Å². The molecule has 3 N–H and O–H groups in total. The minimum Gasteiger partial charge on any atom is -0.457 e. The molecule has 1 aliphatic heterocycles. The smallest absolute Gasteiger partial charge is 0.338 e. The van der Waals surface area contributed by atoms with E-state index in [4.69, 9.17) is 10.5 Å². The van der Waals surface area contributed by atoms with Crippen LogP contribution in [0.2, 0.25) is 0 Å². The lowest BCUT2D eigenvalue weighted by molar-refractivity contribution is -0.119. The number of ether oxygens (including phenoxy) is 1. The number of para-hydroxylation sites is 1. The molecule has 144 valence electrons. The molecule has 0 unspecified atom stereocenters. The molecule has 1 saturated heterocycles. The standard InChI is InChI=1S/C22H23N3O3/c23-21(26)11-17-12-25(13-18-10-16-8-4-5-9-19(16)24-18)14-20(17)28-22(27)15-6-2-1-3-7-15/h1-10,17,20,24H,11-14H2,(H2,23,26)/t17-,20+/m0/s1. The zero-order valence-corrected chi connectivity index (χ0v) is 15.5. The van der Waals surface area contributed by atoms with E-state index in [1.165, 1.54) is 0 Å². The van der Waals surface area contributed by atoms with Gasteiger partial charge in [0, 0.05) is 43.2 Å². The predicted molar refractivity (Wildman–Crippen MR) is 107 cm³/mol. The summed E-state index contributed by atoms with van der Waals surface area (Å²) in [7, 11) is 0. The molecule has 0 spiro atoms. The van der Waals surface area contributed by atoms with Gasteiger partial charge in [-0.1, -0.05) is 36.4 Å². The highest BCUT2D eigenvalue weighted by atomic mass is 16.5. The van der Waals surface area contributed by atoms with Crippen molar-refractivity contribution in [2.45, 2.75) is 19.1 Å². The van der Waals surface area contributed by atoms with Crippen molar-refractivity contribution < 1.29 is 14.3 Å². The molecule has 2 heterocycles. The molecule has 0 saturated carbocycles. The zero-order valence-electron chi connectivity index (χ0n) is 15.5. The average Bonchev–Trinajstić information content (AvgIpc) is 3.25. The van der Waals surface area contributed by atoms with Gasteiger partial charge in [0.15, 0.2) is 0 Å². The number of H-pyrrole nitrogens is 1. The zero-order chi connectivity index (χ0) is 19.5. The van der Waals surface area contributed by atoms with Crippen LogP contribution in [0.1, 0.15) is 22.5 Å². The average molecular weight is 377 g/mol. The summed E-state index contributed by atoms with van der Waals surface area (Å²) < 4.78 is 5.74. The number of hydrogen-bond acceptors (Lipinski definition) is 4. The molecule has 4 rings (SSSR count). The van der Waals surface area contributed by atoms with E-state index in [0.717, 1.165) is 16.6 Å². The van der Waals surface area contributed by atoms with E-state index >= 15 is 0 Å². The lowest BCUT2D eigenvalue weighted by Gasteiger charge is -2.18. The molecule has 0 radical (unpaired) electrons. The third kappa shape index (κ3) is 4.07. The molecule has 28 heavy (non-hydrogen) atoms. The highest BCUT2D eigenvalue weighted by Gasteiger charge is 2.36. The van der Waals surface area contributed by atoms with Crippen LogP contribution in [0.25, 0.3) is 10.9 Å². The number of hydrogen-bond donors (Lipinski definition) is 2. The minimum atomic E-state index is -0.377. The number of esters is 1. The van der Waals surface area contributed by atoms with E-state index < -0.39 is 0 Å². The van der Waals surface area contributed by atoms with Gasteiger partial charge in [-0.05, 0) is 29.7 Å². The molecule has 1 fully saturated rings. The normalized spacial score (nSPS) is 19.7. The lowest BCUT2D eigenvalue weighted by atomic mass is 10.0. The van der Waals surface area contributed by atoms with Crippen molar-refractivity contribution in [2.24, 2.45) is 11.7 Å². The number of nitrogens with one attached hydrogen (secondary N) is 1. The number of aromatic amines is 1. The summed E-state index contributed by atoms with van der Waals surface area (Å²) in [5.41, 5.74) is 8.12. The van der Waals surface area contributed by atoms with Crippen molar-refractivity contribution in [1.82, 2.24) is 9.88 Å². The maximum absolute atomic E-state index is 12.5. The van der Waals surface area contributed by atoms with Crippen molar-refractivity contribution in [3.8, 4) is 0 Å². The molecule has 0 bridgehead atoms. The van der Waals surface area contributed by atoms with E-state index in [9.17, 15) is 9.59 Å². The van der Waals surface area contributed by atoms with Crippen molar-refractivity contribution in [2.75, 3.05) is 13.1 Å². The first kappa shape index (κ1) is 18.3. The summed E-state index contributed by atoms with van der Waals surface area (Å²) in [6.45, 7) is 1.93. The summed E-state index contributed by atoms with van der Waals surface area (Å²) in [4.78, 5) is 29.6. The van der Waals surface area contributed by atoms with Gasteiger partial charge in [0.05, 0.1) is 5.56 Å². The number of nitrogens with two attached hydrogens (primary N) is 1. The second kappa shape index (κ2) is 7.86. The molecule has 6 heteroatoms. The summed E-state index contributed by atoms with van der Waals surface area (Å²) in [6, 6.07) is 19.2. The second-order valence-corrected chi connectivity index (χ2v) is 7.32. The van der Waals surface area contributed by atoms with Crippen LogP contribution < -0.4 is 5.73 Å². The maximum Gasteiger partial charge on any atom is 0.338 e. The van der Waals surface area contributed by atoms with Gasteiger partial charge in [-0.3, -0.25) is 9.69 Å². The van der Waals surface area contributed by atoms with E-state index in [0.29, 0.717) is 25.2 Å². The molecule has 1 amide bonds. The fraction of sp³-hybridized carbons (Fsp3) is 0.273. The van der Waals surface area contributed by atoms with Gasteiger partial charge >= 0.3 is 5.97 Å². The Morgan fingerprint density at radius 3 is 2.57 bits per heavy atom. The van der Waals surface area contributed by atoms with Crippen LogP contribution in [0.15, 0.2) is 60.7 Å². The Morgan fingerprint density at radius 2 is 1.82 bits per heavy atom. The largest absolute Gasteiger partial charge is 0.457 e. The van der Waals surface area contributed by atoms with Crippen LogP contribution in [-0.4, -0.2) is 41.0 Å². The number of nitrogens with zero attached hydrogens (tertiary/aromatic N) is 1. The molecule has 6 nitrogen and oxygen atoms in total. The van der Waals surface area contributed by atoms with Crippen LogP contribution in [0, 0.1) is 5.92 Å². The second-order valence-electron chi connectivity index (χ2n) is 7.32. The van der Waals surface area contributed by atoms with Crippen LogP contribution in [-0.2, 0) is 16.1 Å². The Balaban J connectivity index is 1.46. The number of carbonyl (C=O) groups is 2. The van der Waals surface area contributed by atoms with Crippen molar-refractivity contribution in [1.29, 1.82) is 0 Å². The Bertz CT molecular complexity index is 950. The number of rotatable bonds is 6. The van der Waals surface area contributed by atoms with E-state index in [1.54, 1.807) is 24.3 Å². The summed E-state index contributed by atoms with van der Waals surface area (Å²) in [6.07, 6.45) is -0.153. The third-order valence-electron chi connectivity index (χ3n) is 5.17. The summed E-state index contributed by atoms with van der Waals surface area (Å²) >= 11 is 0. The topological polar surface area (TPSA) is 88.4 Å². The SMILES string of the molecule is NC(=O)C[C@H]1CN(Cc2cc3ccccc3[nH]2)C[C@H]1OC(=O)c1ccccc1. The Hall–Kier alpha value is -3.12. The third-order valence-corrected chi connectivity index (χ3v) is 5.17. The first-order valence-corrected chi connectivity index (χ1v) is 9.42. The molecule has 2 aromatic carbocycles. The molecule has 0 aliphatic carbocycles. The molecular formula is C22H23N3O3. The number of aromatic nitrogens is 1. The first-order chi connectivity index (χ1) is 13.6. The van der Waals surface area contributed by atoms with E-state index in [-0.39, 0.29) is 30.3 Å². The highest BCUT2D eigenvalue weighted by molar-refractivity contribution is 5.89. The summed E-state index contributed by atoms with van der Waals surface area (Å²) in [5, 5.41) is 1.16. The fourth-order valence-electron chi connectivity index (χ4n) is 3.88. The maximum atomic E-state index is 12.5. The van der Waals surface area contributed by atoms with Crippen LogP contribution in [0.5, 0.6) is 0 Å². The van der Waals surface area contributed by atoms with Gasteiger partial charge in [-0.15, -0.1) is 0 Å². The van der Waals surface area contributed by atoms with Crippen molar-refractivity contribution >= 4 is 22.8 Å². The quantitative estimate of drug-likeness (QED) is 0.647. The molecule has 2 atom stereocenters. The first-order valence-electron chi connectivity index (χ1n) is 9.42. The van der Waals surface area contributed by atoms with Crippen molar-refractivity contribution in [3.05, 3.63) is 71.9 Å². The van der Waals surface area contributed by atoms with Gasteiger partial charge in [-0.25, -0.2) is 4.79 Å². The van der Waals surface area contributed by atoms with Gasteiger partial charge in [0.2, 0.25) is 5.91 Å². The van der Waals surface area contributed by atoms with E-state index in [1.807, 2.05) is 24.3 Å². The van der Waals surface area contributed by atoms with Crippen LogP contribution in [0.4, 0.5) is 0 Å². The van der Waals surface area contributed by atoms with E-state index in [2.05, 4.69) is 22.0 Å². The lowest BCUT2D eigenvalue weighted by Crippen LogP contribution is -2.29. The fourth-order valence-corrected chi connectivity index (χ4v) is 3.88. The number of likely N-dealkylation sites (tertiary alicyclic amines) is 1. The number of fused-ring (bicyclic) bond motifs is 1. The van der Waals surface area contributed by atoms with Gasteiger partial charge in [0.1, 0.15) is 6.10 Å². The number of benzene rings is 2. The van der Waals surface area contributed by atoms with Crippen molar-refractivity contribution in [3.63, 3.8) is 0 Å². The van der Waals surface area contributed by atoms with Gasteiger partial charge < -0.3 is 15.5 Å². The Kier molecular flexibility index (Phi) is 5.12. The highest BCUT2D eigenvalue weighted by Crippen LogP contribution is 2.26. The summed E-state index contributed by atoms with van der Waals surface area (Å²) in [5.74, 6) is -0.847. The minimum absolute atomic E-state index is 0.102.